The summed E-state index contributed by atoms with van der Waals surface area (Å²) in [5, 5.41) is 0. The molecule has 1 atom stereocenters. The first kappa shape index (κ1) is 32.4. The number of carbonyl (C=O) groups is 1. The molecular formula is C38H52O3. The zero-order chi connectivity index (χ0) is 29.1. The minimum Gasteiger partial charge on any atom is -0.494 e. The van der Waals surface area contributed by atoms with Gasteiger partial charge in [0.2, 0.25) is 0 Å². The van der Waals surface area contributed by atoms with Crippen LogP contribution in [0.15, 0.2) is 72.8 Å². The van der Waals surface area contributed by atoms with Gasteiger partial charge in [0, 0.05) is 6.42 Å². The van der Waals surface area contributed by atoms with Crippen molar-refractivity contribution < 1.29 is 14.3 Å². The van der Waals surface area contributed by atoms with Gasteiger partial charge in [-0.25, -0.2) is 0 Å². The van der Waals surface area contributed by atoms with E-state index in [1.165, 1.54) is 80.9 Å². The number of carbonyl (C=O) groups excluding carboxylic acids is 1. The lowest BCUT2D eigenvalue weighted by atomic mass is 9.93. The first-order valence-electron chi connectivity index (χ1n) is 16.2. The topological polar surface area (TPSA) is 35.5 Å². The standard InChI is InChI=1S/C38H52O3/c1-4-6-8-10-11-12-13-15-21-38(39)41-31(3)32-22-24-33(25-23-32)36-19-16-17-20-37(36)34-26-28-35(29-27-34)40-30-18-14-9-7-5-2/h16-17,19-20,22-29,31H,4-15,18,21,30H2,1-3H3. The summed E-state index contributed by atoms with van der Waals surface area (Å²) >= 11 is 0. The SMILES string of the molecule is CCCCCCCCCCC(=O)OC(C)c1ccc(-c2ccccc2-c2ccc(OCCCCCCC)cc2)cc1. The summed E-state index contributed by atoms with van der Waals surface area (Å²) < 4.78 is 11.7. The number of unbranched alkanes of at least 4 members (excludes halogenated alkanes) is 11. The zero-order valence-corrected chi connectivity index (χ0v) is 25.8. The molecule has 0 saturated carbocycles. The third-order valence-electron chi connectivity index (χ3n) is 7.84. The maximum Gasteiger partial charge on any atom is 0.306 e. The number of rotatable bonds is 20. The number of esters is 1. The molecule has 0 amide bonds. The van der Waals surface area contributed by atoms with Crippen molar-refractivity contribution in [2.24, 2.45) is 0 Å². The molecule has 3 aromatic rings. The van der Waals surface area contributed by atoms with Gasteiger partial charge >= 0.3 is 5.97 Å². The highest BCUT2D eigenvalue weighted by molar-refractivity contribution is 5.83. The van der Waals surface area contributed by atoms with Crippen LogP contribution in [0.2, 0.25) is 0 Å². The lowest BCUT2D eigenvalue weighted by Crippen LogP contribution is -2.08. The highest BCUT2D eigenvalue weighted by Crippen LogP contribution is 2.34. The molecule has 0 heterocycles. The first-order valence-corrected chi connectivity index (χ1v) is 16.2. The van der Waals surface area contributed by atoms with Crippen molar-refractivity contribution in [2.75, 3.05) is 6.61 Å². The normalized spacial score (nSPS) is 11.8. The second-order valence-corrected chi connectivity index (χ2v) is 11.3. The van der Waals surface area contributed by atoms with Gasteiger partial charge in [-0.1, -0.05) is 145 Å². The third-order valence-corrected chi connectivity index (χ3v) is 7.84. The van der Waals surface area contributed by atoms with Crippen LogP contribution in [0.25, 0.3) is 22.3 Å². The number of hydrogen-bond donors (Lipinski definition) is 0. The fourth-order valence-electron chi connectivity index (χ4n) is 5.27. The van der Waals surface area contributed by atoms with Gasteiger partial charge in [-0.2, -0.15) is 0 Å². The van der Waals surface area contributed by atoms with Gasteiger partial charge in [0.1, 0.15) is 11.9 Å². The molecule has 3 heteroatoms. The molecule has 0 radical (unpaired) electrons. The van der Waals surface area contributed by atoms with Crippen LogP contribution in [0.1, 0.15) is 122 Å². The Hall–Kier alpha value is -3.07. The van der Waals surface area contributed by atoms with E-state index in [9.17, 15) is 4.79 Å². The second kappa shape index (κ2) is 19.1. The van der Waals surface area contributed by atoms with Crippen LogP contribution in [0, 0.1) is 0 Å². The number of hydrogen-bond acceptors (Lipinski definition) is 3. The molecular weight excluding hydrogens is 504 g/mol. The quantitative estimate of drug-likeness (QED) is 0.103. The summed E-state index contributed by atoms with van der Waals surface area (Å²) in [6.07, 6.45) is 16.3. The average Bonchev–Trinajstić information content (AvgIpc) is 3.00. The summed E-state index contributed by atoms with van der Waals surface area (Å²) in [7, 11) is 0. The van der Waals surface area contributed by atoms with E-state index in [2.05, 4.69) is 86.6 Å². The maximum absolute atomic E-state index is 12.4. The van der Waals surface area contributed by atoms with Crippen LogP contribution in [0.5, 0.6) is 5.75 Å². The molecule has 0 aliphatic heterocycles. The predicted molar refractivity (Wildman–Crippen MR) is 173 cm³/mol. The van der Waals surface area contributed by atoms with E-state index in [-0.39, 0.29) is 12.1 Å². The Morgan fingerprint density at radius 3 is 1.66 bits per heavy atom. The molecule has 0 aromatic heterocycles. The Bertz CT molecular complexity index is 1120. The van der Waals surface area contributed by atoms with Crippen LogP contribution in [-0.4, -0.2) is 12.6 Å². The first-order chi connectivity index (χ1) is 20.1. The maximum atomic E-state index is 12.4. The lowest BCUT2D eigenvalue weighted by Gasteiger charge is -2.15. The molecule has 0 saturated heterocycles. The van der Waals surface area contributed by atoms with E-state index in [1.807, 2.05) is 6.92 Å². The monoisotopic (exact) mass is 556 g/mol. The molecule has 1 unspecified atom stereocenters. The van der Waals surface area contributed by atoms with Crippen molar-refractivity contribution in [3.05, 3.63) is 78.4 Å². The van der Waals surface area contributed by atoms with E-state index in [0.29, 0.717) is 6.42 Å². The minimum atomic E-state index is -0.250. The van der Waals surface area contributed by atoms with Crippen LogP contribution in [0.3, 0.4) is 0 Å². The Kier molecular flexibility index (Phi) is 15.1. The second-order valence-electron chi connectivity index (χ2n) is 11.3. The predicted octanol–water partition coefficient (Wildman–Crippen LogP) is 11.5. The molecule has 41 heavy (non-hydrogen) atoms. The summed E-state index contributed by atoms with van der Waals surface area (Å²) in [6, 6.07) is 25.4. The fourth-order valence-corrected chi connectivity index (χ4v) is 5.27. The van der Waals surface area contributed by atoms with Crippen molar-refractivity contribution in [1.82, 2.24) is 0 Å². The molecule has 3 nitrogen and oxygen atoms in total. The van der Waals surface area contributed by atoms with Crippen LogP contribution >= 0.6 is 0 Å². The Morgan fingerprint density at radius 1 is 0.610 bits per heavy atom. The van der Waals surface area contributed by atoms with Gasteiger partial charge in [-0.3, -0.25) is 4.79 Å². The van der Waals surface area contributed by atoms with Gasteiger partial charge < -0.3 is 9.47 Å². The molecule has 0 N–H and O–H groups in total. The number of benzene rings is 3. The van der Waals surface area contributed by atoms with Crippen molar-refractivity contribution in [3.63, 3.8) is 0 Å². The van der Waals surface area contributed by atoms with Gasteiger partial charge in [0.05, 0.1) is 6.61 Å². The summed E-state index contributed by atoms with van der Waals surface area (Å²) in [6.45, 7) is 7.22. The van der Waals surface area contributed by atoms with E-state index >= 15 is 0 Å². The molecule has 0 aliphatic carbocycles. The Morgan fingerprint density at radius 2 is 1.10 bits per heavy atom. The fraction of sp³-hybridized carbons (Fsp3) is 0.500. The summed E-state index contributed by atoms with van der Waals surface area (Å²) in [4.78, 5) is 12.4. The van der Waals surface area contributed by atoms with E-state index < -0.39 is 0 Å². The van der Waals surface area contributed by atoms with Gasteiger partial charge in [0.15, 0.2) is 0 Å². The molecule has 3 aromatic carbocycles. The van der Waals surface area contributed by atoms with E-state index in [0.717, 1.165) is 42.7 Å². The van der Waals surface area contributed by atoms with E-state index in [1.54, 1.807) is 0 Å². The Labute approximate surface area is 249 Å². The van der Waals surface area contributed by atoms with E-state index in [4.69, 9.17) is 9.47 Å². The summed E-state index contributed by atoms with van der Waals surface area (Å²) in [5.74, 6) is 0.832. The molecule has 222 valence electrons. The molecule has 0 spiro atoms. The van der Waals surface area contributed by atoms with Gasteiger partial charge in [-0.15, -0.1) is 0 Å². The largest absolute Gasteiger partial charge is 0.494 e. The smallest absolute Gasteiger partial charge is 0.306 e. The molecule has 0 bridgehead atoms. The Balaban J connectivity index is 1.50. The van der Waals surface area contributed by atoms with Gasteiger partial charge in [0.25, 0.3) is 0 Å². The van der Waals surface area contributed by atoms with Gasteiger partial charge in [-0.05, 0) is 59.7 Å². The average molecular weight is 557 g/mol. The summed E-state index contributed by atoms with van der Waals surface area (Å²) in [5.41, 5.74) is 5.71. The van der Waals surface area contributed by atoms with Crippen LogP contribution in [-0.2, 0) is 9.53 Å². The lowest BCUT2D eigenvalue weighted by molar-refractivity contribution is -0.148. The third kappa shape index (κ3) is 11.7. The minimum absolute atomic E-state index is 0.0955. The van der Waals surface area contributed by atoms with Crippen LogP contribution < -0.4 is 4.74 Å². The van der Waals surface area contributed by atoms with Crippen molar-refractivity contribution >= 4 is 5.97 Å². The molecule has 0 fully saturated rings. The number of ether oxygens (including phenoxy) is 2. The van der Waals surface area contributed by atoms with Crippen molar-refractivity contribution in [3.8, 4) is 28.0 Å². The van der Waals surface area contributed by atoms with Crippen molar-refractivity contribution in [2.45, 2.75) is 117 Å². The van der Waals surface area contributed by atoms with Crippen LogP contribution in [0.4, 0.5) is 0 Å². The zero-order valence-electron chi connectivity index (χ0n) is 25.8. The highest BCUT2D eigenvalue weighted by Gasteiger charge is 2.13. The molecule has 0 aliphatic rings. The van der Waals surface area contributed by atoms with Crippen molar-refractivity contribution in [1.29, 1.82) is 0 Å². The molecule has 3 rings (SSSR count). The highest BCUT2D eigenvalue weighted by atomic mass is 16.5.